The second-order valence-corrected chi connectivity index (χ2v) is 8.23. The van der Waals surface area contributed by atoms with E-state index in [1.165, 1.54) is 6.21 Å². The Labute approximate surface area is 218 Å². The van der Waals surface area contributed by atoms with Crippen LogP contribution in [0.2, 0.25) is 0 Å². The highest BCUT2D eigenvalue weighted by Gasteiger charge is 2.42. The molecule has 0 aliphatic carbocycles. The van der Waals surface area contributed by atoms with Gasteiger partial charge in [-0.15, -0.1) is 0 Å². The molecule has 1 unspecified atom stereocenters. The Morgan fingerprint density at radius 2 is 1.61 bits per heavy atom. The van der Waals surface area contributed by atoms with Crippen LogP contribution in [0, 0.1) is 0 Å². The molecule has 190 valence electrons. The maximum Gasteiger partial charge on any atom is 0.312 e. The lowest BCUT2D eigenvalue weighted by Gasteiger charge is -2.24. The number of benzene rings is 3. The summed E-state index contributed by atoms with van der Waals surface area (Å²) in [5.74, 6) is 1.16. The van der Waals surface area contributed by atoms with Gasteiger partial charge in [0, 0.05) is 23.6 Å². The van der Waals surface area contributed by atoms with Crippen molar-refractivity contribution in [2.75, 3.05) is 19.6 Å². The summed E-state index contributed by atoms with van der Waals surface area (Å²) in [5.41, 5.74) is 6.21. The van der Waals surface area contributed by atoms with Crippen LogP contribution in [0.4, 0.5) is 5.69 Å². The Morgan fingerprint density at radius 1 is 0.921 bits per heavy atom. The summed E-state index contributed by atoms with van der Waals surface area (Å²) in [6.07, 6.45) is 8.06. The van der Waals surface area contributed by atoms with Crippen LogP contribution in [0.5, 0.6) is 11.5 Å². The summed E-state index contributed by atoms with van der Waals surface area (Å²) in [4.78, 5) is 21.9. The van der Waals surface area contributed by atoms with Crippen LogP contribution in [0.3, 0.4) is 0 Å². The minimum absolute atomic E-state index is 0.297. The number of methoxy groups -OCH3 is 2. The first-order valence-electron chi connectivity index (χ1n) is 11.6. The van der Waals surface area contributed by atoms with Crippen LogP contribution in [-0.2, 0) is 9.53 Å². The minimum atomic E-state index is -1.67. The summed E-state index contributed by atoms with van der Waals surface area (Å²) in [6.45, 7) is 0. The molecule has 10 nitrogen and oxygen atoms in total. The summed E-state index contributed by atoms with van der Waals surface area (Å²) >= 11 is 0. The first-order valence-corrected chi connectivity index (χ1v) is 11.6. The molecular formula is C28H24N6O4. The first kappa shape index (κ1) is 24.4. The van der Waals surface area contributed by atoms with Crippen molar-refractivity contribution < 1.29 is 19.0 Å². The lowest BCUT2D eigenvalue weighted by molar-refractivity contribution is -0.132. The van der Waals surface area contributed by atoms with E-state index < -0.39 is 11.6 Å². The molecule has 3 aromatic rings. The lowest BCUT2D eigenvalue weighted by Crippen LogP contribution is -2.45. The van der Waals surface area contributed by atoms with Gasteiger partial charge in [-0.05, 0) is 53.6 Å². The number of hydrazone groups is 2. The van der Waals surface area contributed by atoms with Gasteiger partial charge in [0.15, 0.2) is 0 Å². The summed E-state index contributed by atoms with van der Waals surface area (Å²) < 4.78 is 16.3. The van der Waals surface area contributed by atoms with Crippen molar-refractivity contribution in [3.05, 3.63) is 101 Å². The van der Waals surface area contributed by atoms with Gasteiger partial charge in [-0.1, -0.05) is 24.3 Å². The van der Waals surface area contributed by atoms with Crippen molar-refractivity contribution in [2.45, 2.75) is 5.72 Å². The highest BCUT2D eigenvalue weighted by Crippen LogP contribution is 2.21. The number of carbonyl (C=O) groups is 1. The van der Waals surface area contributed by atoms with Gasteiger partial charge < -0.3 is 14.2 Å². The molecule has 0 spiro atoms. The smallest absolute Gasteiger partial charge is 0.312 e. The normalized spacial score (nSPS) is 17.2. The molecule has 5 rings (SSSR count). The summed E-state index contributed by atoms with van der Waals surface area (Å²) in [6, 6.07) is 20.3. The fourth-order valence-electron chi connectivity index (χ4n) is 3.70. The molecule has 0 saturated carbocycles. The zero-order valence-electron chi connectivity index (χ0n) is 20.7. The van der Waals surface area contributed by atoms with E-state index in [4.69, 9.17) is 14.2 Å². The van der Waals surface area contributed by atoms with E-state index in [2.05, 4.69) is 31.0 Å². The second kappa shape index (κ2) is 10.8. The van der Waals surface area contributed by atoms with E-state index >= 15 is 0 Å². The number of nitrogens with one attached hydrogen (secondary N) is 2. The number of anilines is 1. The Bertz CT molecular complexity index is 1610. The molecule has 10 heteroatoms. The van der Waals surface area contributed by atoms with Crippen molar-refractivity contribution in [3.8, 4) is 11.5 Å². The van der Waals surface area contributed by atoms with E-state index in [0.717, 1.165) is 16.9 Å². The van der Waals surface area contributed by atoms with E-state index in [-0.39, 0.29) is 0 Å². The van der Waals surface area contributed by atoms with Gasteiger partial charge in [-0.3, -0.25) is 10.2 Å². The molecule has 3 aromatic carbocycles. The topological polar surface area (TPSA) is 118 Å². The Balaban J connectivity index is 1.34. The standard InChI is InChI=1S/C28H24N6O4/c1-36-23-7-3-5-19(13-23)17-30-33-22-9-10-25-21(15-22)16-28(32-25,38-26-11-12-29-26)27(35)34-31-18-20-6-4-8-24(14-20)37-2/h3-18,33H,1-2H3,(H,34,35). The maximum absolute atomic E-state index is 13.3. The number of aliphatic imine (C=N–C) groups is 1. The third-order valence-corrected chi connectivity index (χ3v) is 5.64. The summed E-state index contributed by atoms with van der Waals surface area (Å²) in [7, 11) is 3.20. The van der Waals surface area contributed by atoms with Gasteiger partial charge in [0.2, 0.25) is 5.90 Å². The zero-order valence-corrected chi connectivity index (χ0v) is 20.7. The average molecular weight is 509 g/mol. The molecule has 2 heterocycles. The van der Waals surface area contributed by atoms with Crippen molar-refractivity contribution >= 4 is 36.0 Å². The third kappa shape index (κ3) is 5.44. The third-order valence-electron chi connectivity index (χ3n) is 5.64. The van der Waals surface area contributed by atoms with E-state index in [1.807, 2.05) is 54.6 Å². The molecular weight excluding hydrogens is 484 g/mol. The molecule has 2 aliphatic heterocycles. The SMILES string of the molecule is COc1cccc(C=NNC(=O)C2(OC3=NC=C3)C=c3cc(NN=Cc4cccc(OC)c4)ccc3=N2)c1. The van der Waals surface area contributed by atoms with Crippen molar-refractivity contribution in [3.63, 3.8) is 0 Å². The number of hydrogen-bond donors (Lipinski definition) is 2. The van der Waals surface area contributed by atoms with Crippen LogP contribution in [-0.4, -0.2) is 44.2 Å². The fourth-order valence-corrected chi connectivity index (χ4v) is 3.70. The molecule has 2 N–H and O–H groups in total. The lowest BCUT2D eigenvalue weighted by atomic mass is 10.2. The minimum Gasteiger partial charge on any atom is -0.497 e. The van der Waals surface area contributed by atoms with Crippen LogP contribution in [0.25, 0.3) is 6.08 Å². The molecule has 38 heavy (non-hydrogen) atoms. The molecule has 0 radical (unpaired) electrons. The van der Waals surface area contributed by atoms with E-state index in [9.17, 15) is 4.79 Å². The van der Waals surface area contributed by atoms with Crippen LogP contribution < -0.4 is 30.9 Å². The van der Waals surface area contributed by atoms with Crippen molar-refractivity contribution in [2.24, 2.45) is 20.2 Å². The van der Waals surface area contributed by atoms with E-state index in [1.54, 1.807) is 50.9 Å². The molecule has 1 amide bonds. The molecule has 2 aliphatic rings. The van der Waals surface area contributed by atoms with E-state index in [0.29, 0.717) is 27.9 Å². The molecule has 0 saturated heterocycles. The number of nitrogens with zero attached hydrogens (tertiary/aromatic N) is 4. The highest BCUT2D eigenvalue weighted by molar-refractivity contribution is 5.99. The Morgan fingerprint density at radius 3 is 2.24 bits per heavy atom. The number of carbonyl (C=O) groups excluding carboxylic acids is 1. The van der Waals surface area contributed by atoms with Gasteiger partial charge >= 0.3 is 11.6 Å². The Kier molecular flexibility index (Phi) is 6.94. The number of ether oxygens (including phenoxy) is 3. The van der Waals surface area contributed by atoms with Gasteiger partial charge in [0.25, 0.3) is 0 Å². The second-order valence-electron chi connectivity index (χ2n) is 8.23. The largest absolute Gasteiger partial charge is 0.497 e. The molecule has 0 aromatic heterocycles. The van der Waals surface area contributed by atoms with Gasteiger partial charge in [-0.2, -0.15) is 10.2 Å². The van der Waals surface area contributed by atoms with Crippen LogP contribution in [0.15, 0.2) is 99.2 Å². The number of hydrogen-bond acceptors (Lipinski definition) is 9. The average Bonchev–Trinajstić information content (AvgIpc) is 3.30. The predicted octanol–water partition coefficient (Wildman–Crippen LogP) is 2.35. The Hall–Kier alpha value is -5.25. The van der Waals surface area contributed by atoms with Gasteiger partial charge in [0.1, 0.15) is 11.5 Å². The number of rotatable bonds is 9. The number of fused-ring (bicyclic) bond motifs is 1. The van der Waals surface area contributed by atoms with Crippen molar-refractivity contribution in [1.82, 2.24) is 5.43 Å². The quantitative estimate of drug-likeness (QED) is 0.340. The maximum atomic E-state index is 13.3. The van der Waals surface area contributed by atoms with Crippen LogP contribution >= 0.6 is 0 Å². The molecule has 0 fully saturated rings. The molecule has 0 bridgehead atoms. The van der Waals surface area contributed by atoms with Gasteiger partial charge in [0.05, 0.1) is 37.7 Å². The fraction of sp³-hybridized carbons (Fsp3) is 0.107. The zero-order chi connectivity index (χ0) is 26.4. The van der Waals surface area contributed by atoms with Crippen molar-refractivity contribution in [1.29, 1.82) is 0 Å². The predicted molar refractivity (Wildman–Crippen MR) is 145 cm³/mol. The summed E-state index contributed by atoms with van der Waals surface area (Å²) in [5, 5.41) is 9.66. The van der Waals surface area contributed by atoms with Crippen LogP contribution in [0.1, 0.15) is 11.1 Å². The first-order chi connectivity index (χ1) is 18.6. The number of amides is 1. The monoisotopic (exact) mass is 508 g/mol. The highest BCUT2D eigenvalue weighted by atomic mass is 16.5. The van der Waals surface area contributed by atoms with Gasteiger partial charge in [-0.25, -0.2) is 15.4 Å². The molecule has 1 atom stereocenters.